The zero-order valence-corrected chi connectivity index (χ0v) is 19.0. The highest BCUT2D eigenvalue weighted by Crippen LogP contribution is 2.25. The molecule has 0 bridgehead atoms. The van der Waals surface area contributed by atoms with Gasteiger partial charge in [-0.15, -0.1) is 0 Å². The smallest absolute Gasteiger partial charge is 0.337 e. The van der Waals surface area contributed by atoms with Gasteiger partial charge in [-0.3, -0.25) is 0 Å². The highest BCUT2D eigenvalue weighted by molar-refractivity contribution is 5.92. The molecule has 5 rings (SSSR count). The van der Waals surface area contributed by atoms with Crippen molar-refractivity contribution in [2.45, 2.75) is 25.4 Å². The third kappa shape index (κ3) is 4.72. The number of hydrogen-bond donors (Lipinski definition) is 3. The van der Waals surface area contributed by atoms with Crippen LogP contribution in [0.3, 0.4) is 0 Å². The van der Waals surface area contributed by atoms with Gasteiger partial charge in [-0.25, -0.2) is 14.8 Å². The first-order valence-electron chi connectivity index (χ1n) is 11.4. The predicted octanol–water partition coefficient (Wildman–Crippen LogP) is 4.04. The minimum Gasteiger partial charge on any atom is -0.465 e. The lowest BCUT2D eigenvalue weighted by molar-refractivity contribution is 0.0600. The van der Waals surface area contributed by atoms with Gasteiger partial charge in [-0.05, 0) is 54.8 Å². The van der Waals surface area contributed by atoms with E-state index in [1.165, 1.54) is 12.8 Å². The molecule has 174 valence electrons. The molecule has 8 nitrogen and oxygen atoms in total. The second-order valence-electron chi connectivity index (χ2n) is 8.49. The van der Waals surface area contributed by atoms with Gasteiger partial charge in [-0.1, -0.05) is 18.2 Å². The highest BCUT2D eigenvalue weighted by atomic mass is 16.5. The number of aliphatic hydroxyl groups excluding tert-OH is 1. The second kappa shape index (κ2) is 9.52. The van der Waals surface area contributed by atoms with Crippen LogP contribution in [0.25, 0.3) is 11.0 Å². The van der Waals surface area contributed by atoms with Crippen molar-refractivity contribution in [3.8, 4) is 0 Å². The van der Waals surface area contributed by atoms with Crippen molar-refractivity contribution in [2.75, 3.05) is 30.4 Å². The Hall–Kier alpha value is -3.91. The second-order valence-corrected chi connectivity index (χ2v) is 8.49. The van der Waals surface area contributed by atoms with Crippen LogP contribution in [0.4, 0.5) is 17.2 Å². The van der Waals surface area contributed by atoms with Crippen molar-refractivity contribution in [1.29, 1.82) is 0 Å². The predicted molar refractivity (Wildman–Crippen MR) is 132 cm³/mol. The molecule has 2 aromatic heterocycles. The number of aliphatic hydroxyl groups is 1. The lowest BCUT2D eigenvalue weighted by Gasteiger charge is -2.31. The maximum absolute atomic E-state index is 11.9. The summed E-state index contributed by atoms with van der Waals surface area (Å²) in [5.41, 5.74) is 5.11. The molecule has 3 N–H and O–H groups in total. The van der Waals surface area contributed by atoms with Crippen molar-refractivity contribution >= 4 is 34.2 Å². The maximum Gasteiger partial charge on any atom is 0.337 e. The van der Waals surface area contributed by atoms with E-state index in [0.717, 1.165) is 48.2 Å². The van der Waals surface area contributed by atoms with Crippen molar-refractivity contribution in [1.82, 2.24) is 15.0 Å². The topological polar surface area (TPSA) is 103 Å². The summed E-state index contributed by atoms with van der Waals surface area (Å²) < 4.78 is 4.82. The Labute approximate surface area is 197 Å². The fourth-order valence-electron chi connectivity index (χ4n) is 4.27. The third-order valence-electron chi connectivity index (χ3n) is 6.13. The van der Waals surface area contributed by atoms with E-state index < -0.39 is 0 Å². The number of aromatic nitrogens is 3. The molecule has 34 heavy (non-hydrogen) atoms. The number of benzene rings is 2. The third-order valence-corrected chi connectivity index (χ3v) is 6.13. The first-order valence-corrected chi connectivity index (χ1v) is 11.4. The molecule has 0 atom stereocenters. The van der Waals surface area contributed by atoms with Gasteiger partial charge >= 0.3 is 5.97 Å². The number of anilines is 3. The first-order chi connectivity index (χ1) is 16.6. The van der Waals surface area contributed by atoms with Crippen LogP contribution in [0.15, 0.2) is 60.8 Å². The molecule has 0 amide bonds. The van der Waals surface area contributed by atoms with E-state index in [4.69, 9.17) is 14.7 Å². The maximum atomic E-state index is 11.9. The Morgan fingerprint density at radius 3 is 2.71 bits per heavy atom. The van der Waals surface area contributed by atoms with E-state index in [0.29, 0.717) is 23.6 Å². The van der Waals surface area contributed by atoms with Gasteiger partial charge in [-0.2, -0.15) is 0 Å². The van der Waals surface area contributed by atoms with Crippen molar-refractivity contribution in [3.63, 3.8) is 0 Å². The average Bonchev–Trinajstić information content (AvgIpc) is 3.34. The van der Waals surface area contributed by atoms with Crippen LogP contribution >= 0.6 is 0 Å². The summed E-state index contributed by atoms with van der Waals surface area (Å²) in [5, 5.41) is 13.1. The van der Waals surface area contributed by atoms with Gasteiger partial charge in [0.25, 0.3) is 0 Å². The fourth-order valence-corrected chi connectivity index (χ4v) is 4.27. The Morgan fingerprint density at radius 2 is 1.94 bits per heavy atom. The minimum absolute atomic E-state index is 0.179. The van der Waals surface area contributed by atoms with E-state index in [1.807, 2.05) is 18.3 Å². The number of carbonyl (C=O) groups is 1. The molecule has 0 aliphatic carbocycles. The normalized spacial score (nSPS) is 14.4. The molecule has 0 unspecified atom stereocenters. The number of carbonyl (C=O) groups excluding carboxylic acids is 1. The number of methoxy groups -OCH3 is 1. The molecular weight excluding hydrogens is 430 g/mol. The highest BCUT2D eigenvalue weighted by Gasteiger charge is 2.17. The number of H-pyrrole nitrogens is 1. The number of piperidine rings is 1. The van der Waals surface area contributed by atoms with E-state index in [1.54, 1.807) is 18.2 Å². The summed E-state index contributed by atoms with van der Waals surface area (Å²) in [6.45, 7) is 1.75. The standard InChI is InChI=1S/C26H27N5O3/c1-34-26(33)18-3-2-4-19(16-18)28-25-24-22(9-12-27-24)29-23(30-25)15-17-5-7-20(8-6-17)31-13-10-21(32)11-14-31/h2-9,12,16,21,27,32H,10-11,13-15H2,1H3,(H,28,29,30). The Balaban J connectivity index is 1.36. The number of nitrogens with zero attached hydrogens (tertiary/aromatic N) is 3. The number of nitrogens with one attached hydrogen (secondary N) is 2. The zero-order valence-electron chi connectivity index (χ0n) is 19.0. The van der Waals surface area contributed by atoms with E-state index in [2.05, 4.69) is 39.5 Å². The molecule has 1 saturated heterocycles. The summed E-state index contributed by atoms with van der Waals surface area (Å²) >= 11 is 0. The Kier molecular flexibility index (Phi) is 6.14. The van der Waals surface area contributed by atoms with Crippen molar-refractivity contribution < 1.29 is 14.6 Å². The summed E-state index contributed by atoms with van der Waals surface area (Å²) in [6, 6.07) is 17.5. The molecule has 4 aromatic rings. The summed E-state index contributed by atoms with van der Waals surface area (Å²) in [7, 11) is 1.37. The van der Waals surface area contributed by atoms with Gasteiger partial charge < -0.3 is 25.0 Å². The van der Waals surface area contributed by atoms with E-state index in [9.17, 15) is 9.90 Å². The molecule has 1 fully saturated rings. The van der Waals surface area contributed by atoms with Crippen LogP contribution in [-0.4, -0.2) is 52.3 Å². The lowest BCUT2D eigenvalue weighted by atomic mass is 10.1. The Bertz CT molecular complexity index is 1290. The van der Waals surface area contributed by atoms with Gasteiger partial charge in [0.1, 0.15) is 11.3 Å². The number of hydrogen-bond acceptors (Lipinski definition) is 7. The molecule has 2 aromatic carbocycles. The van der Waals surface area contributed by atoms with Crippen LogP contribution in [0, 0.1) is 0 Å². The van der Waals surface area contributed by atoms with Gasteiger partial charge in [0.05, 0.1) is 24.3 Å². The van der Waals surface area contributed by atoms with Gasteiger partial charge in [0.2, 0.25) is 0 Å². The van der Waals surface area contributed by atoms with E-state index in [-0.39, 0.29) is 12.1 Å². The number of ether oxygens (including phenoxy) is 1. The SMILES string of the molecule is COC(=O)c1cccc(Nc2nc(Cc3ccc(N4CCC(O)CC4)cc3)nc3cc[nH]c23)c1. The fraction of sp³-hybridized carbons (Fsp3) is 0.269. The average molecular weight is 458 g/mol. The largest absolute Gasteiger partial charge is 0.465 e. The molecule has 0 saturated carbocycles. The van der Waals surface area contributed by atoms with Crippen LogP contribution in [0.2, 0.25) is 0 Å². The number of esters is 1. The lowest BCUT2D eigenvalue weighted by Crippen LogP contribution is -2.35. The summed E-state index contributed by atoms with van der Waals surface area (Å²) in [6.07, 6.45) is 3.87. The van der Waals surface area contributed by atoms with Crippen LogP contribution in [0.5, 0.6) is 0 Å². The molecular formula is C26H27N5O3. The molecule has 8 heteroatoms. The monoisotopic (exact) mass is 457 g/mol. The van der Waals surface area contributed by atoms with E-state index >= 15 is 0 Å². The van der Waals surface area contributed by atoms with Crippen LogP contribution in [-0.2, 0) is 11.2 Å². The van der Waals surface area contributed by atoms with Crippen LogP contribution in [0.1, 0.15) is 34.6 Å². The Morgan fingerprint density at radius 1 is 1.15 bits per heavy atom. The number of fused-ring (bicyclic) bond motifs is 1. The molecule has 1 aliphatic heterocycles. The minimum atomic E-state index is -0.388. The van der Waals surface area contributed by atoms with Crippen molar-refractivity contribution in [2.24, 2.45) is 0 Å². The molecule has 1 aliphatic rings. The van der Waals surface area contributed by atoms with Gasteiger partial charge in [0, 0.05) is 37.1 Å². The molecule has 0 spiro atoms. The van der Waals surface area contributed by atoms with Crippen LogP contribution < -0.4 is 10.2 Å². The first kappa shape index (κ1) is 21.9. The van der Waals surface area contributed by atoms with Crippen molar-refractivity contribution in [3.05, 3.63) is 77.7 Å². The summed E-state index contributed by atoms with van der Waals surface area (Å²) in [4.78, 5) is 26.9. The molecule has 0 radical (unpaired) electrons. The summed E-state index contributed by atoms with van der Waals surface area (Å²) in [5.74, 6) is 0.962. The number of rotatable bonds is 6. The van der Waals surface area contributed by atoms with Gasteiger partial charge in [0.15, 0.2) is 5.82 Å². The number of aromatic amines is 1. The molecule has 3 heterocycles. The zero-order chi connectivity index (χ0) is 23.5. The quantitative estimate of drug-likeness (QED) is 0.376.